The van der Waals surface area contributed by atoms with Crippen molar-refractivity contribution in [2.75, 3.05) is 11.9 Å². The van der Waals surface area contributed by atoms with Crippen LogP contribution in [-0.4, -0.2) is 51.4 Å². The molecule has 1 aromatic heterocycles. The van der Waals surface area contributed by atoms with E-state index in [4.69, 9.17) is 9.47 Å². The SMILES string of the molecule is O=C(Cn1nc(C(=O)O)cc1C(=O)Nc1cc(Br)ccc1OCC1CCCCC1)N[C@H]1CCCC[C@@H]1OCc1ccccc1. The highest BCUT2D eigenvalue weighted by Gasteiger charge is 2.28. The minimum absolute atomic E-state index is 0.0451. The second-order valence-electron chi connectivity index (χ2n) is 11.6. The van der Waals surface area contributed by atoms with Crippen molar-refractivity contribution in [3.05, 3.63) is 76.0 Å². The molecule has 2 aliphatic carbocycles. The van der Waals surface area contributed by atoms with Crippen molar-refractivity contribution < 1.29 is 29.0 Å². The predicted molar refractivity (Wildman–Crippen MR) is 169 cm³/mol. The van der Waals surface area contributed by atoms with E-state index in [1.807, 2.05) is 36.4 Å². The Morgan fingerprint density at radius 1 is 0.955 bits per heavy atom. The molecule has 2 atom stereocenters. The third-order valence-electron chi connectivity index (χ3n) is 8.27. The number of halogens is 1. The number of hydrogen-bond donors (Lipinski definition) is 3. The van der Waals surface area contributed by atoms with Crippen molar-refractivity contribution in [2.45, 2.75) is 83.1 Å². The minimum Gasteiger partial charge on any atom is -0.491 e. The third-order valence-corrected chi connectivity index (χ3v) is 8.76. The van der Waals surface area contributed by atoms with Crippen molar-refractivity contribution in [2.24, 2.45) is 5.92 Å². The van der Waals surface area contributed by atoms with Crippen LogP contribution in [0, 0.1) is 5.92 Å². The summed E-state index contributed by atoms with van der Waals surface area (Å²) in [6, 6.07) is 16.2. The van der Waals surface area contributed by atoms with Gasteiger partial charge in [-0.3, -0.25) is 9.59 Å². The van der Waals surface area contributed by atoms with E-state index >= 15 is 0 Å². The van der Waals surface area contributed by atoms with Gasteiger partial charge in [-0.2, -0.15) is 5.10 Å². The zero-order chi connectivity index (χ0) is 30.9. The lowest BCUT2D eigenvalue weighted by molar-refractivity contribution is -0.124. The van der Waals surface area contributed by atoms with E-state index in [1.54, 1.807) is 12.1 Å². The molecule has 2 aromatic carbocycles. The first-order chi connectivity index (χ1) is 21.4. The smallest absolute Gasteiger partial charge is 0.356 e. The number of anilines is 1. The molecule has 2 fully saturated rings. The summed E-state index contributed by atoms with van der Waals surface area (Å²) in [5.41, 5.74) is 1.13. The van der Waals surface area contributed by atoms with Crippen LogP contribution in [0.2, 0.25) is 0 Å². The lowest BCUT2D eigenvalue weighted by atomic mass is 9.90. The molecule has 234 valence electrons. The number of carboxylic acids is 1. The molecule has 0 radical (unpaired) electrons. The molecule has 3 aromatic rings. The number of nitrogens with one attached hydrogen (secondary N) is 2. The maximum absolute atomic E-state index is 13.5. The number of rotatable bonds is 12. The maximum Gasteiger partial charge on any atom is 0.356 e. The summed E-state index contributed by atoms with van der Waals surface area (Å²) >= 11 is 3.45. The quantitative estimate of drug-likeness (QED) is 0.210. The van der Waals surface area contributed by atoms with E-state index in [9.17, 15) is 19.5 Å². The molecule has 0 spiro atoms. The predicted octanol–water partition coefficient (Wildman–Crippen LogP) is 6.20. The molecule has 0 unspecified atom stereocenters. The van der Waals surface area contributed by atoms with Gasteiger partial charge < -0.3 is 25.2 Å². The molecule has 0 saturated heterocycles. The van der Waals surface area contributed by atoms with Crippen LogP contribution in [0.1, 0.15) is 84.3 Å². The highest BCUT2D eigenvalue weighted by molar-refractivity contribution is 9.10. The van der Waals surface area contributed by atoms with Crippen LogP contribution in [-0.2, 0) is 22.7 Å². The number of carbonyl (C=O) groups is 3. The average Bonchev–Trinajstić information content (AvgIpc) is 3.45. The van der Waals surface area contributed by atoms with Crippen molar-refractivity contribution in [3.8, 4) is 5.75 Å². The van der Waals surface area contributed by atoms with Crippen molar-refractivity contribution in [3.63, 3.8) is 0 Å². The van der Waals surface area contributed by atoms with E-state index in [1.165, 1.54) is 25.3 Å². The van der Waals surface area contributed by atoms with Gasteiger partial charge >= 0.3 is 5.97 Å². The Balaban J connectivity index is 1.26. The number of hydrogen-bond acceptors (Lipinski definition) is 6. The van der Waals surface area contributed by atoms with Gasteiger partial charge in [0.2, 0.25) is 5.91 Å². The molecule has 5 rings (SSSR count). The molecule has 0 bridgehead atoms. The second kappa shape index (κ2) is 15.3. The Labute approximate surface area is 265 Å². The first-order valence-corrected chi connectivity index (χ1v) is 16.1. The fourth-order valence-corrected chi connectivity index (χ4v) is 6.29. The summed E-state index contributed by atoms with van der Waals surface area (Å²) in [4.78, 5) is 38.5. The number of carboxylic acid groups (broad SMARTS) is 1. The first kappa shape index (κ1) is 31.7. The lowest BCUT2D eigenvalue weighted by Gasteiger charge is -2.32. The number of aromatic nitrogens is 2. The maximum atomic E-state index is 13.5. The molecule has 10 nitrogen and oxygen atoms in total. The Morgan fingerprint density at radius 3 is 2.48 bits per heavy atom. The van der Waals surface area contributed by atoms with Crippen LogP contribution < -0.4 is 15.4 Å². The van der Waals surface area contributed by atoms with Crippen LogP contribution in [0.3, 0.4) is 0 Å². The Morgan fingerprint density at radius 2 is 1.70 bits per heavy atom. The molecule has 11 heteroatoms. The number of nitrogens with zero attached hydrogens (tertiary/aromatic N) is 2. The highest BCUT2D eigenvalue weighted by atomic mass is 79.9. The molecule has 2 saturated carbocycles. The van der Waals surface area contributed by atoms with Gasteiger partial charge in [-0.05, 0) is 55.4 Å². The first-order valence-electron chi connectivity index (χ1n) is 15.4. The minimum atomic E-state index is -1.29. The Hall–Kier alpha value is -3.70. The third kappa shape index (κ3) is 8.69. The molecule has 3 N–H and O–H groups in total. The van der Waals surface area contributed by atoms with E-state index in [0.717, 1.165) is 53.2 Å². The summed E-state index contributed by atoms with van der Waals surface area (Å²) in [6.07, 6.45) is 9.32. The van der Waals surface area contributed by atoms with E-state index in [2.05, 4.69) is 31.7 Å². The molecule has 2 aliphatic rings. The number of benzene rings is 2. The van der Waals surface area contributed by atoms with Crippen LogP contribution in [0.4, 0.5) is 5.69 Å². The molecule has 44 heavy (non-hydrogen) atoms. The second-order valence-corrected chi connectivity index (χ2v) is 12.5. The molecular formula is C33H39BrN4O6. The van der Waals surface area contributed by atoms with Crippen molar-refractivity contribution in [1.82, 2.24) is 15.1 Å². The molecule has 0 aliphatic heterocycles. The van der Waals surface area contributed by atoms with E-state index in [-0.39, 0.29) is 36.0 Å². The fraction of sp³-hybridized carbons (Fsp3) is 0.455. The largest absolute Gasteiger partial charge is 0.491 e. The van der Waals surface area contributed by atoms with Gasteiger partial charge in [0.1, 0.15) is 18.0 Å². The lowest BCUT2D eigenvalue weighted by Crippen LogP contribution is -2.47. The zero-order valence-electron chi connectivity index (χ0n) is 24.7. The van der Waals surface area contributed by atoms with Crippen LogP contribution in [0.25, 0.3) is 0 Å². The highest BCUT2D eigenvalue weighted by Crippen LogP contribution is 2.31. The van der Waals surface area contributed by atoms with Crippen molar-refractivity contribution >= 4 is 39.4 Å². The van der Waals surface area contributed by atoms with E-state index < -0.39 is 11.9 Å². The van der Waals surface area contributed by atoms with Gasteiger partial charge in [0, 0.05) is 10.5 Å². The van der Waals surface area contributed by atoms with Gasteiger partial charge in [0.25, 0.3) is 5.91 Å². The summed E-state index contributed by atoms with van der Waals surface area (Å²) in [5.74, 6) is -1.27. The van der Waals surface area contributed by atoms with E-state index in [0.29, 0.717) is 30.6 Å². The van der Waals surface area contributed by atoms with Gasteiger partial charge in [0.05, 0.1) is 31.0 Å². The summed E-state index contributed by atoms with van der Waals surface area (Å²) in [6.45, 7) is 0.690. The summed E-state index contributed by atoms with van der Waals surface area (Å²) < 4.78 is 14.2. The number of amides is 2. The molecule has 1 heterocycles. The van der Waals surface area contributed by atoms with Gasteiger partial charge in [-0.1, -0.05) is 78.4 Å². The fourth-order valence-electron chi connectivity index (χ4n) is 5.93. The van der Waals surface area contributed by atoms with Crippen LogP contribution >= 0.6 is 15.9 Å². The Kier molecular flexibility index (Phi) is 11.1. The zero-order valence-corrected chi connectivity index (χ0v) is 26.3. The summed E-state index contributed by atoms with van der Waals surface area (Å²) in [7, 11) is 0. The average molecular weight is 668 g/mol. The number of ether oxygens (including phenoxy) is 2. The topological polar surface area (TPSA) is 132 Å². The Bertz CT molecular complexity index is 1440. The standard InChI is InChI=1S/C33H39BrN4O6/c34-24-15-16-30(44-21-23-11-5-2-6-12-23)26(17-24)36-32(40)28-18-27(33(41)42)37-38(28)19-31(39)35-25-13-7-8-14-29(25)43-20-22-9-3-1-4-10-22/h1,3-4,9-10,15-18,23,25,29H,2,5-8,11-14,19-21H2,(H,35,39)(H,36,40)(H,41,42)/t25-,29-/m0/s1. The number of carbonyl (C=O) groups excluding carboxylic acids is 2. The van der Waals surface area contributed by atoms with Gasteiger partial charge in [0.15, 0.2) is 5.69 Å². The van der Waals surface area contributed by atoms with Gasteiger partial charge in [-0.15, -0.1) is 0 Å². The van der Waals surface area contributed by atoms with Crippen LogP contribution in [0.15, 0.2) is 59.1 Å². The number of aromatic carboxylic acids is 1. The van der Waals surface area contributed by atoms with Gasteiger partial charge in [-0.25, -0.2) is 9.48 Å². The van der Waals surface area contributed by atoms with Crippen LogP contribution in [0.5, 0.6) is 5.75 Å². The summed E-state index contributed by atoms with van der Waals surface area (Å²) in [5, 5.41) is 19.5. The molecule has 2 amide bonds. The molecular weight excluding hydrogens is 628 g/mol. The van der Waals surface area contributed by atoms with Crippen molar-refractivity contribution in [1.29, 1.82) is 0 Å². The normalized spacial score (nSPS) is 18.8. The monoisotopic (exact) mass is 666 g/mol.